The third kappa shape index (κ3) is 1.65. The van der Waals surface area contributed by atoms with Crippen LogP contribution in [-0.4, -0.2) is 7.11 Å². The lowest BCUT2D eigenvalue weighted by Gasteiger charge is -2.09. The molecule has 0 radical (unpaired) electrons. The zero-order chi connectivity index (χ0) is 10.7. The molecule has 2 N–H and O–H groups in total. The quantitative estimate of drug-likeness (QED) is 0.783. The van der Waals surface area contributed by atoms with Crippen LogP contribution in [0.25, 0.3) is 0 Å². The number of nitrogens with zero attached hydrogens (tertiary/aromatic N) is 1. The lowest BCUT2D eigenvalue weighted by molar-refractivity contribution is 0.379. The average molecular weight is 198 g/mol. The molecule has 5 heteroatoms. The molecule has 0 aliphatic carbocycles. The molecular weight excluding hydrogens is 190 g/mol. The van der Waals surface area contributed by atoms with Crippen LogP contribution in [0.5, 0.6) is 5.75 Å². The van der Waals surface area contributed by atoms with Crippen molar-refractivity contribution in [2.45, 2.75) is 6.04 Å². The first kappa shape index (κ1) is 10.4. The summed E-state index contributed by atoms with van der Waals surface area (Å²) in [5, 5.41) is 8.45. The van der Waals surface area contributed by atoms with E-state index in [0.717, 1.165) is 12.1 Å². The minimum absolute atomic E-state index is 0.132. The highest BCUT2D eigenvalue weighted by atomic mass is 19.1. The van der Waals surface area contributed by atoms with Crippen molar-refractivity contribution in [2.24, 2.45) is 5.73 Å². The van der Waals surface area contributed by atoms with Gasteiger partial charge in [-0.25, -0.2) is 8.78 Å². The van der Waals surface area contributed by atoms with Crippen molar-refractivity contribution >= 4 is 0 Å². The van der Waals surface area contributed by atoms with Crippen molar-refractivity contribution < 1.29 is 13.5 Å². The highest BCUT2D eigenvalue weighted by Gasteiger charge is 2.19. The van der Waals surface area contributed by atoms with Gasteiger partial charge in [-0.15, -0.1) is 0 Å². The van der Waals surface area contributed by atoms with E-state index in [4.69, 9.17) is 11.0 Å². The second kappa shape index (κ2) is 4.03. The summed E-state index contributed by atoms with van der Waals surface area (Å²) in [6.45, 7) is 0. The number of nitrogens with two attached hydrogens (primary N) is 1. The molecule has 74 valence electrons. The van der Waals surface area contributed by atoms with Crippen LogP contribution in [0.2, 0.25) is 0 Å². The second-order valence-corrected chi connectivity index (χ2v) is 2.58. The van der Waals surface area contributed by atoms with Crippen LogP contribution in [0.15, 0.2) is 12.1 Å². The van der Waals surface area contributed by atoms with Crippen LogP contribution in [0.4, 0.5) is 8.78 Å². The average Bonchev–Trinajstić information content (AvgIpc) is 2.18. The number of hydrogen-bond acceptors (Lipinski definition) is 3. The Morgan fingerprint density at radius 2 is 2.14 bits per heavy atom. The van der Waals surface area contributed by atoms with E-state index in [-0.39, 0.29) is 5.75 Å². The van der Waals surface area contributed by atoms with Gasteiger partial charge in [0.1, 0.15) is 11.9 Å². The molecule has 1 aromatic rings. The Bertz CT molecular complexity index is 387. The Labute approximate surface area is 79.7 Å². The fraction of sp³-hybridized carbons (Fsp3) is 0.222. The summed E-state index contributed by atoms with van der Waals surface area (Å²) in [6, 6.07) is 2.37. The van der Waals surface area contributed by atoms with E-state index in [1.54, 1.807) is 6.07 Å². The Hall–Kier alpha value is -1.67. The molecule has 0 bridgehead atoms. The molecule has 0 saturated heterocycles. The standard InChI is InChI=1S/C9H8F2N2O/c1-14-7-3-2-5(10)8(9(7)11)6(13)4-12/h2-3,6H,13H2,1H3/t6-/m0/s1. The first-order chi connectivity index (χ1) is 6.61. The predicted molar refractivity (Wildman–Crippen MR) is 45.5 cm³/mol. The molecule has 1 atom stereocenters. The lowest BCUT2D eigenvalue weighted by Crippen LogP contribution is -2.12. The number of ether oxygens (including phenoxy) is 1. The van der Waals surface area contributed by atoms with Crippen molar-refractivity contribution in [2.75, 3.05) is 7.11 Å². The summed E-state index contributed by atoms with van der Waals surface area (Å²) >= 11 is 0. The molecule has 0 heterocycles. The Kier molecular flexibility index (Phi) is 2.99. The van der Waals surface area contributed by atoms with E-state index in [2.05, 4.69) is 4.74 Å². The van der Waals surface area contributed by atoms with Gasteiger partial charge in [0.25, 0.3) is 0 Å². The summed E-state index contributed by atoms with van der Waals surface area (Å²) in [5.74, 6) is -1.91. The molecule has 0 fully saturated rings. The molecule has 0 spiro atoms. The van der Waals surface area contributed by atoms with Crippen LogP contribution in [0, 0.1) is 23.0 Å². The largest absolute Gasteiger partial charge is 0.494 e. The van der Waals surface area contributed by atoms with Crippen LogP contribution in [-0.2, 0) is 0 Å². The fourth-order valence-electron chi connectivity index (χ4n) is 1.06. The molecule has 0 aliphatic heterocycles. The molecule has 1 aromatic carbocycles. The van der Waals surface area contributed by atoms with Gasteiger partial charge in [-0.2, -0.15) is 5.26 Å². The van der Waals surface area contributed by atoms with E-state index < -0.39 is 23.2 Å². The molecular formula is C9H8F2N2O. The zero-order valence-corrected chi connectivity index (χ0v) is 7.42. The minimum atomic E-state index is -1.33. The van der Waals surface area contributed by atoms with E-state index in [9.17, 15) is 8.78 Å². The van der Waals surface area contributed by atoms with Crippen LogP contribution in [0.3, 0.4) is 0 Å². The van der Waals surface area contributed by atoms with E-state index in [1.807, 2.05) is 0 Å². The SMILES string of the molecule is COc1ccc(F)c([C@@H](N)C#N)c1F. The maximum atomic E-state index is 13.4. The molecule has 1 rings (SSSR count). The molecule has 0 aromatic heterocycles. The summed E-state index contributed by atoms with van der Waals surface area (Å²) in [6.07, 6.45) is 0. The predicted octanol–water partition coefficient (Wildman–Crippen LogP) is 1.50. The third-order valence-corrected chi connectivity index (χ3v) is 1.76. The number of nitriles is 1. The molecule has 14 heavy (non-hydrogen) atoms. The van der Waals surface area contributed by atoms with Crippen LogP contribution >= 0.6 is 0 Å². The normalized spacial score (nSPS) is 11.9. The summed E-state index contributed by atoms with van der Waals surface area (Å²) in [5.41, 5.74) is 4.76. The fourth-order valence-corrected chi connectivity index (χ4v) is 1.06. The Morgan fingerprint density at radius 3 is 2.64 bits per heavy atom. The van der Waals surface area contributed by atoms with Gasteiger partial charge >= 0.3 is 0 Å². The van der Waals surface area contributed by atoms with Gasteiger partial charge in [0.05, 0.1) is 18.7 Å². The van der Waals surface area contributed by atoms with Crippen molar-refractivity contribution in [3.8, 4) is 11.8 Å². The van der Waals surface area contributed by atoms with Crippen molar-refractivity contribution in [3.63, 3.8) is 0 Å². The minimum Gasteiger partial charge on any atom is -0.494 e. The van der Waals surface area contributed by atoms with Gasteiger partial charge in [-0.05, 0) is 12.1 Å². The highest BCUT2D eigenvalue weighted by Crippen LogP contribution is 2.26. The van der Waals surface area contributed by atoms with E-state index >= 15 is 0 Å². The summed E-state index contributed by atoms with van der Waals surface area (Å²) in [4.78, 5) is 0. The smallest absolute Gasteiger partial charge is 0.173 e. The van der Waals surface area contributed by atoms with Gasteiger partial charge in [0.15, 0.2) is 11.6 Å². The number of hydrogen-bond donors (Lipinski definition) is 1. The number of methoxy groups -OCH3 is 1. The molecule has 0 unspecified atom stereocenters. The van der Waals surface area contributed by atoms with Crippen molar-refractivity contribution in [1.82, 2.24) is 0 Å². The topological polar surface area (TPSA) is 59.0 Å². The third-order valence-electron chi connectivity index (χ3n) is 1.76. The zero-order valence-electron chi connectivity index (χ0n) is 7.42. The Balaban J connectivity index is 3.34. The molecule has 3 nitrogen and oxygen atoms in total. The summed E-state index contributed by atoms with van der Waals surface area (Å²) < 4.78 is 31.1. The van der Waals surface area contributed by atoms with Crippen molar-refractivity contribution in [3.05, 3.63) is 29.3 Å². The van der Waals surface area contributed by atoms with Gasteiger partial charge in [0, 0.05) is 0 Å². The van der Waals surface area contributed by atoms with Crippen LogP contribution in [0.1, 0.15) is 11.6 Å². The van der Waals surface area contributed by atoms with Gasteiger partial charge in [-0.1, -0.05) is 0 Å². The summed E-state index contributed by atoms with van der Waals surface area (Å²) in [7, 11) is 1.25. The van der Waals surface area contributed by atoms with Gasteiger partial charge in [0.2, 0.25) is 0 Å². The molecule has 0 amide bonds. The number of halogens is 2. The molecule has 0 aliphatic rings. The first-order valence-corrected chi connectivity index (χ1v) is 3.79. The number of rotatable bonds is 2. The van der Waals surface area contributed by atoms with Crippen LogP contribution < -0.4 is 10.5 Å². The van der Waals surface area contributed by atoms with Gasteiger partial charge < -0.3 is 10.5 Å². The highest BCUT2D eigenvalue weighted by molar-refractivity contribution is 5.36. The van der Waals surface area contributed by atoms with E-state index in [0.29, 0.717) is 0 Å². The van der Waals surface area contributed by atoms with Crippen molar-refractivity contribution in [1.29, 1.82) is 5.26 Å². The molecule has 0 saturated carbocycles. The maximum absolute atomic E-state index is 13.4. The van der Waals surface area contributed by atoms with E-state index in [1.165, 1.54) is 7.11 Å². The monoisotopic (exact) mass is 198 g/mol. The first-order valence-electron chi connectivity index (χ1n) is 3.79. The lowest BCUT2D eigenvalue weighted by atomic mass is 10.1. The number of benzene rings is 1. The second-order valence-electron chi connectivity index (χ2n) is 2.58. The van der Waals surface area contributed by atoms with Gasteiger partial charge in [-0.3, -0.25) is 0 Å². The maximum Gasteiger partial charge on any atom is 0.173 e. The Morgan fingerprint density at radius 1 is 1.50 bits per heavy atom.